The Balaban J connectivity index is 1.75. The van der Waals surface area contributed by atoms with Crippen LogP contribution in [-0.2, 0) is 12.7 Å². The Morgan fingerprint density at radius 2 is 1.94 bits per heavy atom. The molecule has 0 atom stereocenters. The van der Waals surface area contributed by atoms with Gasteiger partial charge in [0, 0.05) is 11.6 Å². The molecule has 3 aromatic heterocycles. The topological polar surface area (TPSA) is 116 Å². The molecule has 3 heterocycles. The van der Waals surface area contributed by atoms with E-state index in [2.05, 4.69) is 26.3 Å². The highest BCUT2D eigenvalue weighted by molar-refractivity contribution is 6.14. The summed E-state index contributed by atoms with van der Waals surface area (Å²) in [4.78, 5) is 33.0. The number of para-hydroxylation sites is 1. The molecule has 0 fully saturated rings. The van der Waals surface area contributed by atoms with Gasteiger partial charge in [-0.05, 0) is 30.7 Å². The number of hydrogen-bond donors (Lipinski definition) is 2. The van der Waals surface area contributed by atoms with Gasteiger partial charge in [0.1, 0.15) is 11.4 Å². The third-order valence-electron chi connectivity index (χ3n) is 5.23. The van der Waals surface area contributed by atoms with Gasteiger partial charge >= 0.3 is 6.18 Å². The number of rotatable bonds is 5. The van der Waals surface area contributed by atoms with E-state index in [1.54, 1.807) is 36.4 Å². The number of carbonyl (C=O) groups is 2. The number of fused-ring (bicyclic) bond motifs is 1. The molecule has 1 aromatic carbocycles. The number of pyridine rings is 2. The van der Waals surface area contributed by atoms with Crippen LogP contribution in [0.3, 0.4) is 0 Å². The molecule has 0 aliphatic heterocycles. The van der Waals surface area contributed by atoms with Gasteiger partial charge in [0.25, 0.3) is 11.8 Å². The monoisotopic (exact) mass is 478 g/mol. The zero-order valence-electron chi connectivity index (χ0n) is 18.2. The number of carbonyl (C=O) groups excluding carboxylic acids is 2. The Bertz CT molecular complexity index is 1500. The van der Waals surface area contributed by atoms with Crippen molar-refractivity contribution in [3.8, 4) is 12.3 Å². The largest absolute Gasteiger partial charge is 0.437 e. The van der Waals surface area contributed by atoms with E-state index in [-0.39, 0.29) is 23.5 Å². The minimum absolute atomic E-state index is 0.0351. The fraction of sp³-hybridized carbons (Fsp3) is 0.125. The lowest BCUT2D eigenvalue weighted by atomic mass is 10.1. The summed E-state index contributed by atoms with van der Waals surface area (Å²) in [5, 5.41) is 6.36. The van der Waals surface area contributed by atoms with Crippen LogP contribution in [0.1, 0.15) is 43.5 Å². The van der Waals surface area contributed by atoms with Gasteiger partial charge in [0.15, 0.2) is 5.69 Å². The zero-order chi connectivity index (χ0) is 25.3. The Morgan fingerprint density at radius 1 is 1.20 bits per heavy atom. The molecule has 4 rings (SSSR count). The minimum Gasteiger partial charge on any atom is -0.364 e. The molecule has 0 radical (unpaired) electrons. The summed E-state index contributed by atoms with van der Waals surface area (Å²) in [6.45, 7) is 1.37. The van der Waals surface area contributed by atoms with Gasteiger partial charge in [-0.15, -0.1) is 6.42 Å². The van der Waals surface area contributed by atoms with Crippen molar-refractivity contribution < 1.29 is 22.8 Å². The van der Waals surface area contributed by atoms with E-state index in [9.17, 15) is 22.8 Å². The number of nitrogens with zero attached hydrogens (tertiary/aromatic N) is 4. The van der Waals surface area contributed by atoms with Crippen LogP contribution in [0.4, 0.5) is 18.9 Å². The molecule has 0 saturated heterocycles. The predicted molar refractivity (Wildman–Crippen MR) is 121 cm³/mol. The van der Waals surface area contributed by atoms with Gasteiger partial charge in [-0.1, -0.05) is 30.2 Å². The highest BCUT2D eigenvalue weighted by Crippen LogP contribution is 2.36. The summed E-state index contributed by atoms with van der Waals surface area (Å²) in [6, 6.07) is 10.7. The van der Waals surface area contributed by atoms with Crippen LogP contribution in [-0.4, -0.2) is 31.6 Å². The Morgan fingerprint density at radius 3 is 2.57 bits per heavy atom. The first kappa shape index (κ1) is 23.4. The van der Waals surface area contributed by atoms with Gasteiger partial charge in [0.2, 0.25) is 0 Å². The van der Waals surface area contributed by atoms with Gasteiger partial charge in [-0.25, -0.2) is 9.97 Å². The molecule has 176 valence electrons. The number of amides is 2. The number of primary amides is 1. The number of halogens is 3. The first-order valence-corrected chi connectivity index (χ1v) is 10.2. The second-order valence-corrected chi connectivity index (χ2v) is 7.55. The highest BCUT2D eigenvalue weighted by Gasteiger charge is 2.39. The second-order valence-electron chi connectivity index (χ2n) is 7.55. The number of benzene rings is 1. The molecule has 11 heteroatoms. The van der Waals surface area contributed by atoms with E-state index in [1.807, 2.05) is 0 Å². The fourth-order valence-electron chi connectivity index (χ4n) is 3.49. The van der Waals surface area contributed by atoms with E-state index >= 15 is 0 Å². The highest BCUT2D eigenvalue weighted by atomic mass is 19.4. The molecule has 2 amide bonds. The minimum atomic E-state index is -4.84. The molecule has 0 aliphatic carbocycles. The summed E-state index contributed by atoms with van der Waals surface area (Å²) in [5.41, 5.74) is 4.61. The maximum Gasteiger partial charge on any atom is 0.437 e. The number of nitrogens with two attached hydrogens (primary N) is 1. The number of terminal acetylenes is 1. The first-order chi connectivity index (χ1) is 16.6. The fourth-order valence-corrected chi connectivity index (χ4v) is 3.49. The molecule has 0 spiro atoms. The SMILES string of the molecule is C#Cc1ccc(Cn2nc(C(F)(F)F)c(NC(=O)c3cc(C(N)=O)nc4ccccc34)c2C)cn1. The smallest absolute Gasteiger partial charge is 0.364 e. The van der Waals surface area contributed by atoms with Crippen molar-refractivity contribution >= 4 is 28.4 Å². The third kappa shape index (κ3) is 4.67. The molecule has 0 saturated carbocycles. The van der Waals surface area contributed by atoms with Gasteiger partial charge in [-0.2, -0.15) is 18.3 Å². The molecule has 4 aromatic rings. The molecular formula is C24H17F3N6O2. The number of alkyl halides is 3. The lowest BCUT2D eigenvalue weighted by Gasteiger charge is -2.11. The van der Waals surface area contributed by atoms with Crippen LogP contribution in [0.25, 0.3) is 10.9 Å². The summed E-state index contributed by atoms with van der Waals surface area (Å²) < 4.78 is 42.6. The van der Waals surface area contributed by atoms with Crippen molar-refractivity contribution in [1.29, 1.82) is 0 Å². The summed E-state index contributed by atoms with van der Waals surface area (Å²) in [5.74, 6) is 0.604. The number of hydrogen-bond acceptors (Lipinski definition) is 5. The van der Waals surface area contributed by atoms with E-state index < -0.39 is 29.4 Å². The van der Waals surface area contributed by atoms with Crippen LogP contribution < -0.4 is 11.1 Å². The molecule has 0 bridgehead atoms. The molecule has 0 unspecified atom stereocenters. The van der Waals surface area contributed by atoms with E-state index in [0.29, 0.717) is 22.2 Å². The van der Waals surface area contributed by atoms with Crippen molar-refractivity contribution in [1.82, 2.24) is 19.7 Å². The van der Waals surface area contributed by atoms with E-state index in [0.717, 1.165) is 10.7 Å². The molecule has 35 heavy (non-hydrogen) atoms. The van der Waals surface area contributed by atoms with Crippen molar-refractivity contribution in [3.63, 3.8) is 0 Å². The number of anilines is 1. The summed E-state index contributed by atoms with van der Waals surface area (Å²) >= 11 is 0. The standard InChI is InChI=1S/C24H17F3N6O2/c1-3-15-9-8-14(11-29-15)12-33-13(2)20(21(32-33)24(25,26)27)31-23(35)17-10-19(22(28)34)30-18-7-5-4-6-16(17)18/h1,4-11H,12H2,2H3,(H2,28,34)(H,31,35). The van der Waals surface area contributed by atoms with Crippen LogP contribution >= 0.6 is 0 Å². The van der Waals surface area contributed by atoms with Gasteiger partial charge in [-0.3, -0.25) is 14.3 Å². The van der Waals surface area contributed by atoms with Crippen LogP contribution in [0.15, 0.2) is 48.7 Å². The number of nitrogens with one attached hydrogen (secondary N) is 1. The normalized spacial score (nSPS) is 11.3. The lowest BCUT2D eigenvalue weighted by molar-refractivity contribution is -0.140. The average Bonchev–Trinajstić information content (AvgIpc) is 3.14. The van der Waals surface area contributed by atoms with E-state index in [1.165, 1.54) is 13.1 Å². The van der Waals surface area contributed by atoms with Crippen molar-refractivity contribution in [2.45, 2.75) is 19.6 Å². The Kier molecular flexibility index (Phi) is 5.96. The summed E-state index contributed by atoms with van der Waals surface area (Å²) in [6.07, 6.45) is 1.87. The predicted octanol–water partition coefficient (Wildman–Crippen LogP) is 3.53. The van der Waals surface area contributed by atoms with Crippen molar-refractivity contribution in [2.24, 2.45) is 5.73 Å². The third-order valence-corrected chi connectivity index (χ3v) is 5.23. The van der Waals surface area contributed by atoms with Crippen LogP contribution in [0.5, 0.6) is 0 Å². The van der Waals surface area contributed by atoms with E-state index in [4.69, 9.17) is 12.2 Å². The second kappa shape index (κ2) is 8.90. The van der Waals surface area contributed by atoms with Gasteiger partial charge < -0.3 is 11.1 Å². The lowest BCUT2D eigenvalue weighted by Crippen LogP contribution is -2.19. The Labute approximate surface area is 197 Å². The number of aromatic nitrogens is 4. The van der Waals surface area contributed by atoms with Gasteiger partial charge in [0.05, 0.1) is 29.0 Å². The Hall–Kier alpha value is -4.72. The van der Waals surface area contributed by atoms with Crippen molar-refractivity contribution in [3.05, 3.63) is 82.6 Å². The maximum absolute atomic E-state index is 13.8. The molecule has 8 nitrogen and oxygen atoms in total. The first-order valence-electron chi connectivity index (χ1n) is 10.2. The van der Waals surface area contributed by atoms with Crippen molar-refractivity contribution in [2.75, 3.05) is 5.32 Å². The average molecular weight is 478 g/mol. The van der Waals surface area contributed by atoms with Crippen LogP contribution in [0.2, 0.25) is 0 Å². The quantitative estimate of drug-likeness (QED) is 0.426. The summed E-state index contributed by atoms with van der Waals surface area (Å²) in [7, 11) is 0. The zero-order valence-corrected chi connectivity index (χ0v) is 18.2. The maximum atomic E-state index is 13.8. The molecular weight excluding hydrogens is 461 g/mol. The van der Waals surface area contributed by atoms with Crippen LogP contribution in [0, 0.1) is 19.3 Å². The molecule has 3 N–H and O–H groups in total. The molecule has 0 aliphatic rings.